The summed E-state index contributed by atoms with van der Waals surface area (Å²) in [6.07, 6.45) is 2.28. The normalized spacial score (nSPS) is 17.3. The molecule has 3 atom stereocenters. The number of hydrogen-bond donors (Lipinski definition) is 0. The van der Waals surface area contributed by atoms with E-state index in [9.17, 15) is 18.4 Å². The zero-order valence-electron chi connectivity index (χ0n) is 22.3. The first-order valence-corrected chi connectivity index (χ1v) is 13.6. The number of carbonyl (C=O) groups excluding carboxylic acids is 2. The monoisotopic (exact) mass is 539 g/mol. The molecule has 0 radical (unpaired) electrons. The molecule has 0 aromatic heterocycles. The van der Waals surface area contributed by atoms with Crippen LogP contribution >= 0.6 is 0 Å². The van der Waals surface area contributed by atoms with Gasteiger partial charge in [-0.15, -0.1) is 0 Å². The molecule has 1 unspecified atom stereocenters. The van der Waals surface area contributed by atoms with E-state index in [1.807, 2.05) is 42.5 Å². The third-order valence-corrected chi connectivity index (χ3v) is 7.58. The number of anilines is 1. The predicted octanol–water partition coefficient (Wildman–Crippen LogP) is 7.79. The molecule has 5 rings (SSSR count). The fourth-order valence-corrected chi connectivity index (χ4v) is 5.29. The van der Waals surface area contributed by atoms with Gasteiger partial charge >= 0.3 is 5.97 Å². The van der Waals surface area contributed by atoms with Gasteiger partial charge in [0, 0.05) is 12.1 Å². The molecule has 0 aliphatic carbocycles. The van der Waals surface area contributed by atoms with Crippen molar-refractivity contribution in [1.29, 1.82) is 0 Å². The van der Waals surface area contributed by atoms with Gasteiger partial charge in [0.2, 0.25) is 5.91 Å². The second kappa shape index (κ2) is 12.2. The molecule has 1 amide bonds. The number of ether oxygens (including phenoxy) is 1. The summed E-state index contributed by atoms with van der Waals surface area (Å²) in [5.74, 6) is -0.613. The minimum absolute atomic E-state index is 0.0145. The number of carbonyl (C=O) groups is 2. The highest BCUT2D eigenvalue weighted by Crippen LogP contribution is 2.46. The van der Waals surface area contributed by atoms with Crippen LogP contribution in [-0.2, 0) is 16.0 Å². The molecule has 6 heteroatoms. The SMILES string of the molecule is CC(CC[C@H]1C(=O)N(c2ccc(F)cc2)[C@@H]1c1ccc(OC(=O)CCc2ccccc2)cc1)c1ccc(F)cc1. The van der Waals surface area contributed by atoms with Crippen LogP contribution < -0.4 is 9.64 Å². The van der Waals surface area contributed by atoms with Gasteiger partial charge in [-0.05, 0) is 90.4 Å². The molecule has 0 saturated carbocycles. The molecule has 1 aliphatic heterocycles. The van der Waals surface area contributed by atoms with E-state index in [1.165, 1.54) is 24.3 Å². The lowest BCUT2D eigenvalue weighted by Gasteiger charge is -2.48. The molecule has 204 valence electrons. The van der Waals surface area contributed by atoms with Gasteiger partial charge in [0.25, 0.3) is 0 Å². The molecule has 0 bridgehead atoms. The highest BCUT2D eigenvalue weighted by atomic mass is 19.1. The number of benzene rings is 4. The molecule has 1 aliphatic rings. The largest absolute Gasteiger partial charge is 0.427 e. The van der Waals surface area contributed by atoms with Crippen molar-refractivity contribution < 1.29 is 23.1 Å². The first-order valence-electron chi connectivity index (χ1n) is 13.6. The van der Waals surface area contributed by atoms with Crippen LogP contribution in [-0.4, -0.2) is 11.9 Å². The summed E-state index contributed by atoms with van der Waals surface area (Å²) in [6.45, 7) is 2.07. The van der Waals surface area contributed by atoms with Crippen molar-refractivity contribution in [2.45, 2.75) is 44.6 Å². The van der Waals surface area contributed by atoms with Crippen LogP contribution in [0.5, 0.6) is 5.75 Å². The number of halogens is 2. The van der Waals surface area contributed by atoms with Gasteiger partial charge in [0.15, 0.2) is 0 Å². The van der Waals surface area contributed by atoms with Crippen molar-refractivity contribution in [2.75, 3.05) is 4.90 Å². The maximum absolute atomic E-state index is 13.6. The van der Waals surface area contributed by atoms with E-state index in [2.05, 4.69) is 6.92 Å². The average Bonchev–Trinajstić information content (AvgIpc) is 2.97. The summed E-state index contributed by atoms with van der Waals surface area (Å²) in [5, 5.41) is 0. The fourth-order valence-electron chi connectivity index (χ4n) is 5.29. The molecular formula is C34H31F2NO3. The predicted molar refractivity (Wildman–Crippen MR) is 151 cm³/mol. The van der Waals surface area contributed by atoms with Crippen LogP contribution in [0.2, 0.25) is 0 Å². The van der Waals surface area contributed by atoms with Gasteiger partial charge in [0.1, 0.15) is 17.4 Å². The van der Waals surface area contributed by atoms with Gasteiger partial charge in [-0.2, -0.15) is 0 Å². The number of rotatable bonds is 10. The number of aryl methyl sites for hydroxylation is 1. The molecular weight excluding hydrogens is 508 g/mol. The van der Waals surface area contributed by atoms with Crippen molar-refractivity contribution in [3.8, 4) is 5.75 Å². The smallest absolute Gasteiger partial charge is 0.311 e. The van der Waals surface area contributed by atoms with Gasteiger partial charge in [0.05, 0.1) is 12.0 Å². The van der Waals surface area contributed by atoms with Crippen molar-refractivity contribution in [1.82, 2.24) is 0 Å². The van der Waals surface area contributed by atoms with E-state index in [0.717, 1.165) is 23.1 Å². The topological polar surface area (TPSA) is 46.6 Å². The Hall–Kier alpha value is -4.32. The Morgan fingerprint density at radius 1 is 0.850 bits per heavy atom. The number of nitrogens with zero attached hydrogens (tertiary/aromatic N) is 1. The first-order chi connectivity index (χ1) is 19.4. The highest BCUT2D eigenvalue weighted by Gasteiger charge is 2.48. The summed E-state index contributed by atoms with van der Waals surface area (Å²) in [4.78, 5) is 27.4. The Morgan fingerprint density at radius 3 is 2.12 bits per heavy atom. The Labute approximate surface area is 233 Å². The lowest BCUT2D eigenvalue weighted by atomic mass is 9.77. The van der Waals surface area contributed by atoms with E-state index in [0.29, 0.717) is 24.3 Å². The van der Waals surface area contributed by atoms with Gasteiger partial charge in [-0.3, -0.25) is 9.59 Å². The third-order valence-electron chi connectivity index (χ3n) is 7.58. The molecule has 4 aromatic rings. The summed E-state index contributed by atoms with van der Waals surface area (Å²) < 4.78 is 32.5. The lowest BCUT2D eigenvalue weighted by molar-refractivity contribution is -0.134. The first kappa shape index (κ1) is 27.3. The molecule has 1 heterocycles. The van der Waals surface area contributed by atoms with Crippen molar-refractivity contribution in [2.24, 2.45) is 5.92 Å². The minimum atomic E-state index is -0.364. The Balaban J connectivity index is 1.28. The Bertz CT molecular complexity index is 1440. The second-order valence-electron chi connectivity index (χ2n) is 10.3. The molecule has 0 N–H and O–H groups in total. The minimum Gasteiger partial charge on any atom is -0.427 e. The lowest BCUT2D eigenvalue weighted by Crippen LogP contribution is -2.55. The number of β-lactam (4-membered cyclic amide) rings is 1. The van der Waals surface area contributed by atoms with E-state index in [-0.39, 0.29) is 47.8 Å². The molecule has 4 nitrogen and oxygen atoms in total. The van der Waals surface area contributed by atoms with Crippen molar-refractivity contribution in [3.63, 3.8) is 0 Å². The van der Waals surface area contributed by atoms with Crippen LogP contribution in [0.3, 0.4) is 0 Å². The third kappa shape index (κ3) is 6.28. The van der Waals surface area contributed by atoms with Crippen LogP contribution in [0.15, 0.2) is 103 Å². The van der Waals surface area contributed by atoms with Gasteiger partial charge in [-0.25, -0.2) is 8.78 Å². The van der Waals surface area contributed by atoms with Gasteiger partial charge < -0.3 is 9.64 Å². The molecule has 1 saturated heterocycles. The Morgan fingerprint density at radius 2 is 1.48 bits per heavy atom. The zero-order chi connectivity index (χ0) is 28.1. The molecule has 0 spiro atoms. The zero-order valence-corrected chi connectivity index (χ0v) is 22.3. The van der Waals surface area contributed by atoms with Crippen LogP contribution in [0.1, 0.15) is 54.8 Å². The van der Waals surface area contributed by atoms with Crippen molar-refractivity contribution >= 4 is 17.6 Å². The quantitative estimate of drug-likeness (QED) is 0.117. The summed E-state index contributed by atoms with van der Waals surface area (Å²) in [5.41, 5.74) is 3.65. The summed E-state index contributed by atoms with van der Waals surface area (Å²) in [7, 11) is 0. The maximum Gasteiger partial charge on any atom is 0.311 e. The summed E-state index contributed by atoms with van der Waals surface area (Å²) in [6, 6.07) is 29.2. The Kier molecular flexibility index (Phi) is 8.34. The number of amides is 1. The van der Waals surface area contributed by atoms with E-state index < -0.39 is 0 Å². The van der Waals surface area contributed by atoms with Crippen LogP contribution in [0, 0.1) is 17.6 Å². The maximum atomic E-state index is 13.6. The van der Waals surface area contributed by atoms with E-state index in [1.54, 1.807) is 41.3 Å². The standard InChI is InChI=1S/C34H31F2NO3/c1-23(25-9-13-27(35)14-10-25)7-21-31-33(37(34(31)39)29-17-15-28(36)16-18-29)26-11-19-30(20-12-26)40-32(38)22-8-24-5-3-2-4-6-24/h2-6,9-20,23,31,33H,7-8,21-22H2,1H3/t23?,31-,33-/m1/s1. The van der Waals surface area contributed by atoms with E-state index >= 15 is 0 Å². The van der Waals surface area contributed by atoms with Crippen LogP contribution in [0.25, 0.3) is 0 Å². The average molecular weight is 540 g/mol. The highest BCUT2D eigenvalue weighted by molar-refractivity contribution is 6.03. The number of hydrogen-bond acceptors (Lipinski definition) is 3. The second-order valence-corrected chi connectivity index (χ2v) is 10.3. The van der Waals surface area contributed by atoms with E-state index in [4.69, 9.17) is 4.74 Å². The number of esters is 1. The van der Waals surface area contributed by atoms with Gasteiger partial charge in [-0.1, -0.05) is 61.5 Å². The van der Waals surface area contributed by atoms with Crippen LogP contribution in [0.4, 0.5) is 14.5 Å². The fraction of sp³-hybridized carbons (Fsp3) is 0.235. The molecule has 1 fully saturated rings. The summed E-state index contributed by atoms with van der Waals surface area (Å²) >= 11 is 0. The van der Waals surface area contributed by atoms with Crippen molar-refractivity contribution in [3.05, 3.63) is 131 Å². The molecule has 4 aromatic carbocycles. The molecule has 40 heavy (non-hydrogen) atoms.